The Labute approximate surface area is 109 Å². The summed E-state index contributed by atoms with van der Waals surface area (Å²) in [6, 6.07) is 7.54. The third-order valence-corrected chi connectivity index (χ3v) is 3.24. The number of aryl methyl sites for hydroxylation is 2. The molecule has 0 unspecified atom stereocenters. The number of aromatic nitrogens is 1. The van der Waals surface area contributed by atoms with Gasteiger partial charge in [0.05, 0.1) is 5.69 Å². The first-order chi connectivity index (χ1) is 8.06. The molecule has 0 atom stereocenters. The maximum absolute atomic E-state index is 5.84. The molecule has 0 aliphatic heterocycles. The van der Waals surface area contributed by atoms with E-state index in [9.17, 15) is 0 Å². The fourth-order valence-electron chi connectivity index (χ4n) is 1.41. The SMILES string of the molecule is Cc1ccc(N)c(Oc2cc(C)c(Br)cn2)c1. The summed E-state index contributed by atoms with van der Waals surface area (Å²) in [5, 5.41) is 0. The predicted octanol–water partition coefficient (Wildman–Crippen LogP) is 3.84. The third-order valence-electron chi connectivity index (χ3n) is 2.41. The van der Waals surface area contributed by atoms with Gasteiger partial charge < -0.3 is 10.5 Å². The molecule has 4 heteroatoms. The zero-order valence-corrected chi connectivity index (χ0v) is 11.3. The number of anilines is 1. The summed E-state index contributed by atoms with van der Waals surface area (Å²) in [6.45, 7) is 3.98. The van der Waals surface area contributed by atoms with Crippen LogP contribution in [0.2, 0.25) is 0 Å². The molecule has 1 heterocycles. The molecule has 0 saturated heterocycles. The summed E-state index contributed by atoms with van der Waals surface area (Å²) >= 11 is 3.40. The first-order valence-corrected chi connectivity index (χ1v) is 6.01. The number of pyridine rings is 1. The van der Waals surface area contributed by atoms with Crippen LogP contribution in [0.5, 0.6) is 11.6 Å². The second-order valence-corrected chi connectivity index (χ2v) is 4.77. The number of hydrogen-bond donors (Lipinski definition) is 1. The number of nitrogens with zero attached hydrogens (tertiary/aromatic N) is 1. The molecule has 0 saturated carbocycles. The smallest absolute Gasteiger partial charge is 0.219 e. The molecule has 0 spiro atoms. The van der Waals surface area contributed by atoms with Crippen LogP contribution in [0.15, 0.2) is 34.9 Å². The molecule has 0 bridgehead atoms. The molecule has 17 heavy (non-hydrogen) atoms. The molecule has 2 N–H and O–H groups in total. The summed E-state index contributed by atoms with van der Waals surface area (Å²) < 4.78 is 6.63. The van der Waals surface area contributed by atoms with E-state index in [4.69, 9.17) is 10.5 Å². The minimum atomic E-state index is 0.544. The van der Waals surface area contributed by atoms with E-state index in [2.05, 4.69) is 20.9 Å². The van der Waals surface area contributed by atoms with Crippen molar-refractivity contribution in [3.63, 3.8) is 0 Å². The molecule has 0 aliphatic carbocycles. The molecule has 0 aliphatic rings. The number of nitrogen functional groups attached to an aromatic ring is 1. The molecule has 0 fully saturated rings. The highest BCUT2D eigenvalue weighted by Crippen LogP contribution is 2.28. The predicted molar refractivity (Wildman–Crippen MR) is 72.3 cm³/mol. The highest BCUT2D eigenvalue weighted by molar-refractivity contribution is 9.10. The third kappa shape index (κ3) is 2.77. The Bertz CT molecular complexity index is 555. The Morgan fingerprint density at radius 3 is 2.71 bits per heavy atom. The topological polar surface area (TPSA) is 48.1 Å². The van der Waals surface area contributed by atoms with E-state index < -0.39 is 0 Å². The second-order valence-electron chi connectivity index (χ2n) is 3.92. The van der Waals surface area contributed by atoms with Gasteiger partial charge in [-0.15, -0.1) is 0 Å². The molecular formula is C13H13BrN2O. The number of nitrogens with two attached hydrogens (primary N) is 1. The van der Waals surface area contributed by atoms with Crippen molar-refractivity contribution in [2.45, 2.75) is 13.8 Å². The van der Waals surface area contributed by atoms with Gasteiger partial charge in [0.1, 0.15) is 0 Å². The molecule has 1 aromatic heterocycles. The van der Waals surface area contributed by atoms with E-state index in [0.29, 0.717) is 17.3 Å². The minimum Gasteiger partial charge on any atom is -0.437 e. The zero-order valence-electron chi connectivity index (χ0n) is 9.70. The van der Waals surface area contributed by atoms with E-state index in [0.717, 1.165) is 15.6 Å². The van der Waals surface area contributed by atoms with Gasteiger partial charge in [-0.3, -0.25) is 0 Å². The van der Waals surface area contributed by atoms with Crippen LogP contribution in [-0.2, 0) is 0 Å². The lowest BCUT2D eigenvalue weighted by Crippen LogP contribution is -1.94. The van der Waals surface area contributed by atoms with Crippen LogP contribution in [0.3, 0.4) is 0 Å². The normalized spacial score (nSPS) is 10.3. The number of rotatable bonds is 2. The van der Waals surface area contributed by atoms with E-state index >= 15 is 0 Å². The van der Waals surface area contributed by atoms with Gasteiger partial charge in [-0.1, -0.05) is 6.07 Å². The number of benzene rings is 1. The van der Waals surface area contributed by atoms with Gasteiger partial charge in [-0.05, 0) is 53.0 Å². The van der Waals surface area contributed by atoms with Crippen LogP contribution >= 0.6 is 15.9 Å². The quantitative estimate of drug-likeness (QED) is 0.856. The van der Waals surface area contributed by atoms with Crippen molar-refractivity contribution >= 4 is 21.6 Å². The van der Waals surface area contributed by atoms with Crippen LogP contribution in [0.1, 0.15) is 11.1 Å². The number of hydrogen-bond acceptors (Lipinski definition) is 3. The van der Waals surface area contributed by atoms with Crippen molar-refractivity contribution < 1.29 is 4.74 Å². The van der Waals surface area contributed by atoms with Gasteiger partial charge in [-0.2, -0.15) is 0 Å². The molecular weight excluding hydrogens is 280 g/mol. The largest absolute Gasteiger partial charge is 0.437 e. The first-order valence-electron chi connectivity index (χ1n) is 5.22. The molecule has 2 rings (SSSR count). The number of halogens is 1. The second kappa shape index (κ2) is 4.75. The van der Waals surface area contributed by atoms with E-state index in [1.54, 1.807) is 6.20 Å². The average Bonchev–Trinajstić information content (AvgIpc) is 2.29. The van der Waals surface area contributed by atoms with Crippen molar-refractivity contribution in [2.75, 3.05) is 5.73 Å². The molecule has 88 valence electrons. The van der Waals surface area contributed by atoms with E-state index in [1.807, 2.05) is 38.1 Å². The van der Waals surface area contributed by atoms with Crippen molar-refractivity contribution in [1.82, 2.24) is 4.98 Å². The fourth-order valence-corrected chi connectivity index (χ4v) is 1.63. The van der Waals surface area contributed by atoms with Gasteiger partial charge >= 0.3 is 0 Å². The maximum atomic E-state index is 5.84. The highest BCUT2D eigenvalue weighted by Gasteiger charge is 2.05. The van der Waals surface area contributed by atoms with Crippen molar-refractivity contribution in [3.8, 4) is 11.6 Å². The lowest BCUT2D eigenvalue weighted by Gasteiger charge is -2.09. The van der Waals surface area contributed by atoms with Crippen molar-refractivity contribution in [2.24, 2.45) is 0 Å². The van der Waals surface area contributed by atoms with Gasteiger partial charge in [0.2, 0.25) is 5.88 Å². The van der Waals surface area contributed by atoms with Crippen LogP contribution in [-0.4, -0.2) is 4.98 Å². The standard InChI is InChI=1S/C13H13BrN2O/c1-8-3-4-11(15)12(5-8)17-13-6-9(2)10(14)7-16-13/h3-7H,15H2,1-2H3. The molecule has 0 amide bonds. The highest BCUT2D eigenvalue weighted by atomic mass is 79.9. The summed E-state index contributed by atoms with van der Waals surface area (Å²) in [4.78, 5) is 4.18. The maximum Gasteiger partial charge on any atom is 0.219 e. The Morgan fingerprint density at radius 1 is 1.24 bits per heavy atom. The van der Waals surface area contributed by atoms with Gasteiger partial charge in [-0.25, -0.2) is 4.98 Å². The van der Waals surface area contributed by atoms with Gasteiger partial charge in [0.15, 0.2) is 5.75 Å². The van der Waals surface area contributed by atoms with E-state index in [-0.39, 0.29) is 0 Å². The fraction of sp³-hybridized carbons (Fsp3) is 0.154. The Kier molecular flexibility index (Phi) is 3.33. The summed E-state index contributed by atoms with van der Waals surface area (Å²) in [6.07, 6.45) is 1.72. The zero-order chi connectivity index (χ0) is 12.4. The monoisotopic (exact) mass is 292 g/mol. The Hall–Kier alpha value is -1.55. The molecule has 3 nitrogen and oxygen atoms in total. The summed E-state index contributed by atoms with van der Waals surface area (Å²) in [5.74, 6) is 1.18. The van der Waals surface area contributed by atoms with Crippen molar-refractivity contribution in [1.29, 1.82) is 0 Å². The molecule has 2 aromatic rings. The Balaban J connectivity index is 2.31. The summed E-state index contributed by atoms with van der Waals surface area (Å²) in [5.41, 5.74) is 8.62. The number of ether oxygens (including phenoxy) is 1. The van der Waals surface area contributed by atoms with Crippen LogP contribution in [0.25, 0.3) is 0 Å². The van der Waals surface area contributed by atoms with E-state index in [1.165, 1.54) is 0 Å². The molecule has 0 radical (unpaired) electrons. The minimum absolute atomic E-state index is 0.544. The van der Waals surface area contributed by atoms with Crippen LogP contribution in [0, 0.1) is 13.8 Å². The average molecular weight is 293 g/mol. The molecule has 1 aromatic carbocycles. The van der Waals surface area contributed by atoms with Crippen LogP contribution < -0.4 is 10.5 Å². The first kappa shape index (κ1) is 11.9. The summed E-state index contributed by atoms with van der Waals surface area (Å²) in [7, 11) is 0. The lowest BCUT2D eigenvalue weighted by atomic mass is 10.2. The van der Waals surface area contributed by atoms with Gasteiger partial charge in [0, 0.05) is 16.7 Å². The van der Waals surface area contributed by atoms with Gasteiger partial charge in [0.25, 0.3) is 0 Å². The lowest BCUT2D eigenvalue weighted by molar-refractivity contribution is 0.464. The van der Waals surface area contributed by atoms with Crippen molar-refractivity contribution in [3.05, 3.63) is 46.1 Å². The van der Waals surface area contributed by atoms with Crippen LogP contribution in [0.4, 0.5) is 5.69 Å². The Morgan fingerprint density at radius 2 is 2.00 bits per heavy atom.